The molecule has 1 heterocycles. The van der Waals surface area contributed by atoms with Gasteiger partial charge in [-0.25, -0.2) is 0 Å². The normalized spacial score (nSPS) is 21.5. The maximum atomic E-state index is 3.76. The van der Waals surface area contributed by atoms with Crippen LogP contribution in [0.5, 0.6) is 0 Å². The third kappa shape index (κ3) is 5.33. The SMILES string of the molecule is C=CCCC(C)NC(C)CN1CCCC1. The van der Waals surface area contributed by atoms with Crippen molar-refractivity contribution in [1.82, 2.24) is 10.2 Å². The number of rotatable bonds is 7. The summed E-state index contributed by atoms with van der Waals surface area (Å²) in [6.45, 7) is 12.1. The lowest BCUT2D eigenvalue weighted by Crippen LogP contribution is -2.42. The Kier molecular flexibility index (Phi) is 5.96. The zero-order valence-electron chi connectivity index (χ0n) is 10.3. The van der Waals surface area contributed by atoms with E-state index in [2.05, 4.69) is 30.6 Å². The van der Waals surface area contributed by atoms with E-state index < -0.39 is 0 Å². The number of allylic oxidation sites excluding steroid dienone is 1. The molecule has 88 valence electrons. The molecule has 0 amide bonds. The maximum absolute atomic E-state index is 3.76. The molecule has 15 heavy (non-hydrogen) atoms. The Morgan fingerprint density at radius 1 is 1.27 bits per heavy atom. The van der Waals surface area contributed by atoms with Crippen molar-refractivity contribution in [2.45, 2.75) is 51.6 Å². The van der Waals surface area contributed by atoms with Crippen molar-refractivity contribution >= 4 is 0 Å². The van der Waals surface area contributed by atoms with Gasteiger partial charge in [0.2, 0.25) is 0 Å². The third-order valence-electron chi connectivity index (χ3n) is 3.10. The van der Waals surface area contributed by atoms with E-state index in [0.717, 1.165) is 6.42 Å². The van der Waals surface area contributed by atoms with Crippen LogP contribution in [0.3, 0.4) is 0 Å². The standard InChI is InChI=1S/C13H26N2/c1-4-5-8-12(2)14-13(3)11-15-9-6-7-10-15/h4,12-14H,1,5-11H2,2-3H3. The monoisotopic (exact) mass is 210 g/mol. The molecule has 1 aliphatic heterocycles. The highest BCUT2D eigenvalue weighted by Crippen LogP contribution is 2.08. The quantitative estimate of drug-likeness (QED) is 0.649. The van der Waals surface area contributed by atoms with Gasteiger partial charge in [-0.3, -0.25) is 0 Å². The zero-order valence-corrected chi connectivity index (χ0v) is 10.3. The van der Waals surface area contributed by atoms with Gasteiger partial charge in [0, 0.05) is 18.6 Å². The molecule has 1 saturated heterocycles. The number of likely N-dealkylation sites (tertiary alicyclic amines) is 1. The zero-order chi connectivity index (χ0) is 11.1. The van der Waals surface area contributed by atoms with Gasteiger partial charge in [-0.1, -0.05) is 6.08 Å². The van der Waals surface area contributed by atoms with Crippen LogP contribution in [0.2, 0.25) is 0 Å². The topological polar surface area (TPSA) is 15.3 Å². The fourth-order valence-electron chi connectivity index (χ4n) is 2.34. The predicted molar refractivity (Wildman–Crippen MR) is 67.2 cm³/mol. The highest BCUT2D eigenvalue weighted by atomic mass is 15.2. The maximum Gasteiger partial charge on any atom is 0.0169 e. The predicted octanol–water partition coefficient (Wildman–Crippen LogP) is 2.42. The summed E-state index contributed by atoms with van der Waals surface area (Å²) >= 11 is 0. The average Bonchev–Trinajstić information content (AvgIpc) is 2.67. The number of nitrogens with one attached hydrogen (secondary N) is 1. The van der Waals surface area contributed by atoms with Crippen LogP contribution in [0.25, 0.3) is 0 Å². The highest BCUT2D eigenvalue weighted by molar-refractivity contribution is 4.76. The van der Waals surface area contributed by atoms with Crippen LogP contribution in [0.4, 0.5) is 0 Å². The van der Waals surface area contributed by atoms with Crippen LogP contribution in [-0.2, 0) is 0 Å². The fourth-order valence-corrected chi connectivity index (χ4v) is 2.34. The lowest BCUT2D eigenvalue weighted by atomic mass is 10.1. The first kappa shape index (κ1) is 12.7. The molecular weight excluding hydrogens is 184 g/mol. The smallest absolute Gasteiger partial charge is 0.0169 e. The number of hydrogen-bond donors (Lipinski definition) is 1. The first-order chi connectivity index (χ1) is 7.22. The molecule has 0 bridgehead atoms. The van der Waals surface area contributed by atoms with Gasteiger partial charge in [-0.2, -0.15) is 0 Å². The van der Waals surface area contributed by atoms with Gasteiger partial charge >= 0.3 is 0 Å². The van der Waals surface area contributed by atoms with E-state index in [0.29, 0.717) is 12.1 Å². The van der Waals surface area contributed by atoms with E-state index in [1.54, 1.807) is 0 Å². The van der Waals surface area contributed by atoms with Crippen LogP contribution in [-0.4, -0.2) is 36.6 Å². The van der Waals surface area contributed by atoms with Crippen molar-refractivity contribution in [1.29, 1.82) is 0 Å². The summed E-state index contributed by atoms with van der Waals surface area (Å²) in [6, 6.07) is 1.23. The summed E-state index contributed by atoms with van der Waals surface area (Å²) in [5.41, 5.74) is 0. The largest absolute Gasteiger partial charge is 0.310 e. The van der Waals surface area contributed by atoms with E-state index in [9.17, 15) is 0 Å². The lowest BCUT2D eigenvalue weighted by Gasteiger charge is -2.24. The second-order valence-electron chi connectivity index (χ2n) is 4.84. The third-order valence-corrected chi connectivity index (χ3v) is 3.10. The van der Waals surface area contributed by atoms with Crippen molar-refractivity contribution in [3.8, 4) is 0 Å². The Hall–Kier alpha value is -0.340. The molecule has 1 rings (SSSR count). The molecule has 0 aliphatic carbocycles. The summed E-state index contributed by atoms with van der Waals surface area (Å²) in [4.78, 5) is 2.57. The van der Waals surface area contributed by atoms with Crippen LogP contribution in [0.15, 0.2) is 12.7 Å². The summed E-state index contributed by atoms with van der Waals surface area (Å²) in [6.07, 6.45) is 7.10. The minimum absolute atomic E-state index is 0.612. The first-order valence-electron chi connectivity index (χ1n) is 6.31. The van der Waals surface area contributed by atoms with Crippen molar-refractivity contribution in [2.75, 3.05) is 19.6 Å². The fraction of sp³-hybridized carbons (Fsp3) is 0.846. The Labute approximate surface area is 94.7 Å². The Morgan fingerprint density at radius 2 is 1.93 bits per heavy atom. The Bertz CT molecular complexity index is 173. The molecule has 2 atom stereocenters. The van der Waals surface area contributed by atoms with Crippen LogP contribution >= 0.6 is 0 Å². The second kappa shape index (κ2) is 7.02. The summed E-state index contributed by atoms with van der Waals surface area (Å²) < 4.78 is 0. The van der Waals surface area contributed by atoms with E-state index in [-0.39, 0.29) is 0 Å². The molecule has 1 aliphatic rings. The van der Waals surface area contributed by atoms with Crippen LogP contribution in [0.1, 0.15) is 39.5 Å². The van der Waals surface area contributed by atoms with Gasteiger partial charge in [0.1, 0.15) is 0 Å². The molecule has 0 radical (unpaired) electrons. The molecule has 0 spiro atoms. The van der Waals surface area contributed by atoms with E-state index in [4.69, 9.17) is 0 Å². The summed E-state index contributed by atoms with van der Waals surface area (Å²) in [7, 11) is 0. The molecular formula is C13H26N2. The van der Waals surface area contributed by atoms with Crippen LogP contribution < -0.4 is 5.32 Å². The van der Waals surface area contributed by atoms with Crippen molar-refractivity contribution in [3.05, 3.63) is 12.7 Å². The van der Waals surface area contributed by atoms with Gasteiger partial charge in [-0.15, -0.1) is 6.58 Å². The van der Waals surface area contributed by atoms with Gasteiger partial charge in [0.05, 0.1) is 0 Å². The molecule has 0 aromatic carbocycles. The minimum atomic E-state index is 0.612. The molecule has 1 N–H and O–H groups in total. The van der Waals surface area contributed by atoms with E-state index >= 15 is 0 Å². The van der Waals surface area contributed by atoms with Gasteiger partial charge in [-0.05, 0) is 52.6 Å². The number of nitrogens with zero attached hydrogens (tertiary/aromatic N) is 1. The number of hydrogen-bond acceptors (Lipinski definition) is 2. The molecule has 0 aromatic rings. The lowest BCUT2D eigenvalue weighted by molar-refractivity contribution is 0.286. The van der Waals surface area contributed by atoms with Crippen LogP contribution in [0, 0.1) is 0 Å². The second-order valence-corrected chi connectivity index (χ2v) is 4.84. The highest BCUT2D eigenvalue weighted by Gasteiger charge is 2.15. The molecule has 0 saturated carbocycles. The van der Waals surface area contributed by atoms with E-state index in [1.807, 2.05) is 6.08 Å². The molecule has 2 nitrogen and oxygen atoms in total. The van der Waals surface area contributed by atoms with Gasteiger partial charge in [0.25, 0.3) is 0 Å². The molecule has 2 heteroatoms. The van der Waals surface area contributed by atoms with E-state index in [1.165, 1.54) is 38.9 Å². The Balaban J connectivity index is 2.10. The Morgan fingerprint density at radius 3 is 2.53 bits per heavy atom. The van der Waals surface area contributed by atoms with Crippen molar-refractivity contribution in [2.24, 2.45) is 0 Å². The minimum Gasteiger partial charge on any atom is -0.310 e. The van der Waals surface area contributed by atoms with Crippen molar-refractivity contribution in [3.63, 3.8) is 0 Å². The van der Waals surface area contributed by atoms with Crippen molar-refractivity contribution < 1.29 is 0 Å². The van der Waals surface area contributed by atoms with Gasteiger partial charge in [0.15, 0.2) is 0 Å². The molecule has 2 unspecified atom stereocenters. The average molecular weight is 210 g/mol. The molecule has 0 aromatic heterocycles. The summed E-state index contributed by atoms with van der Waals surface area (Å²) in [5, 5.41) is 3.65. The van der Waals surface area contributed by atoms with Gasteiger partial charge < -0.3 is 10.2 Å². The first-order valence-corrected chi connectivity index (χ1v) is 6.31. The summed E-state index contributed by atoms with van der Waals surface area (Å²) in [5.74, 6) is 0. The molecule has 1 fully saturated rings.